The molecule has 0 saturated carbocycles. The fraction of sp³-hybridized carbons (Fsp3) is 0.600. The van der Waals surface area contributed by atoms with E-state index in [1.807, 2.05) is 6.07 Å². The second kappa shape index (κ2) is 5.10. The van der Waals surface area contributed by atoms with E-state index in [-0.39, 0.29) is 5.60 Å². The van der Waals surface area contributed by atoms with Gasteiger partial charge in [0, 0.05) is 18.0 Å². The van der Waals surface area contributed by atoms with Crippen molar-refractivity contribution in [2.24, 2.45) is 0 Å². The number of hydrogen-bond donors (Lipinski definition) is 1. The van der Waals surface area contributed by atoms with Crippen molar-refractivity contribution in [3.8, 4) is 5.75 Å². The van der Waals surface area contributed by atoms with Gasteiger partial charge in [0.2, 0.25) is 0 Å². The summed E-state index contributed by atoms with van der Waals surface area (Å²) in [6.07, 6.45) is 2.11. The molecule has 0 aliphatic carbocycles. The molecule has 0 fully saturated rings. The first-order valence-corrected chi connectivity index (χ1v) is 7.04. The van der Waals surface area contributed by atoms with Crippen molar-refractivity contribution >= 4 is 11.6 Å². The Labute approximate surface area is 115 Å². The van der Waals surface area contributed by atoms with Crippen molar-refractivity contribution in [3.63, 3.8) is 0 Å². The average Bonchev–Trinajstić information content (AvgIpc) is 2.29. The monoisotopic (exact) mass is 267 g/mol. The maximum atomic E-state index is 6.29. The van der Waals surface area contributed by atoms with Crippen molar-refractivity contribution in [2.45, 2.75) is 52.2 Å². The molecule has 0 aromatic heterocycles. The van der Waals surface area contributed by atoms with Crippen LogP contribution >= 0.6 is 11.6 Å². The van der Waals surface area contributed by atoms with Gasteiger partial charge in [0.25, 0.3) is 0 Å². The van der Waals surface area contributed by atoms with Crippen LogP contribution in [0.5, 0.6) is 5.75 Å². The largest absolute Gasteiger partial charge is 0.486 e. The third-order valence-electron chi connectivity index (χ3n) is 3.43. The highest BCUT2D eigenvalue weighted by molar-refractivity contribution is 6.32. The van der Waals surface area contributed by atoms with Gasteiger partial charge >= 0.3 is 0 Å². The van der Waals surface area contributed by atoms with Crippen molar-refractivity contribution in [1.29, 1.82) is 0 Å². The summed E-state index contributed by atoms with van der Waals surface area (Å²) in [7, 11) is 0. The fourth-order valence-electron chi connectivity index (χ4n) is 2.61. The number of aryl methyl sites for hydroxylation is 1. The minimum atomic E-state index is -0.171. The lowest BCUT2D eigenvalue weighted by molar-refractivity contribution is 0.0660. The Morgan fingerprint density at radius 2 is 2.17 bits per heavy atom. The van der Waals surface area contributed by atoms with Crippen molar-refractivity contribution < 1.29 is 4.74 Å². The first-order chi connectivity index (χ1) is 8.44. The zero-order valence-electron chi connectivity index (χ0n) is 11.6. The molecule has 1 heterocycles. The second-order valence-electron chi connectivity index (χ2n) is 5.68. The maximum absolute atomic E-state index is 6.29. The molecule has 1 unspecified atom stereocenters. The predicted octanol–water partition coefficient (Wildman–Crippen LogP) is 4.25. The molecule has 2 rings (SSSR count). The smallest absolute Gasteiger partial charge is 0.143 e. The molecule has 0 spiro atoms. The highest BCUT2D eigenvalue weighted by Crippen LogP contribution is 2.44. The molecule has 0 bridgehead atoms. The fourth-order valence-corrected chi connectivity index (χ4v) is 2.82. The Hall–Kier alpha value is -0.730. The molecular weight excluding hydrogens is 246 g/mol. The number of benzene rings is 1. The van der Waals surface area contributed by atoms with Crippen LogP contribution in [0.25, 0.3) is 0 Å². The van der Waals surface area contributed by atoms with E-state index in [2.05, 4.69) is 39.1 Å². The molecule has 3 heteroatoms. The Bertz CT molecular complexity index is 442. The summed E-state index contributed by atoms with van der Waals surface area (Å²) in [6.45, 7) is 9.57. The van der Waals surface area contributed by atoms with Gasteiger partial charge in [0.15, 0.2) is 0 Å². The third kappa shape index (κ3) is 2.65. The molecule has 1 aliphatic heterocycles. The first kappa shape index (κ1) is 13.7. The van der Waals surface area contributed by atoms with Crippen LogP contribution in [0.3, 0.4) is 0 Å². The van der Waals surface area contributed by atoms with Crippen LogP contribution in [-0.4, -0.2) is 12.1 Å². The van der Waals surface area contributed by atoms with Crippen LogP contribution < -0.4 is 10.1 Å². The van der Waals surface area contributed by atoms with E-state index in [0.29, 0.717) is 11.1 Å². The minimum Gasteiger partial charge on any atom is -0.486 e. The van der Waals surface area contributed by atoms with Gasteiger partial charge < -0.3 is 10.1 Å². The van der Waals surface area contributed by atoms with Crippen LogP contribution in [0.15, 0.2) is 12.1 Å². The predicted molar refractivity (Wildman–Crippen MR) is 76.5 cm³/mol. The number of ether oxygens (including phenoxy) is 1. The van der Waals surface area contributed by atoms with E-state index in [1.54, 1.807) is 0 Å². The van der Waals surface area contributed by atoms with E-state index in [4.69, 9.17) is 16.3 Å². The Kier molecular flexibility index (Phi) is 3.88. The molecule has 1 N–H and O–H groups in total. The molecule has 0 saturated heterocycles. The summed E-state index contributed by atoms with van der Waals surface area (Å²) >= 11 is 6.29. The van der Waals surface area contributed by atoms with E-state index >= 15 is 0 Å². The van der Waals surface area contributed by atoms with Gasteiger partial charge in [0.05, 0.1) is 5.02 Å². The maximum Gasteiger partial charge on any atom is 0.143 e. The van der Waals surface area contributed by atoms with E-state index in [0.717, 1.165) is 25.1 Å². The summed E-state index contributed by atoms with van der Waals surface area (Å²) < 4.78 is 6.07. The van der Waals surface area contributed by atoms with E-state index in [1.165, 1.54) is 11.1 Å². The molecule has 100 valence electrons. The lowest BCUT2D eigenvalue weighted by Crippen LogP contribution is -2.40. The van der Waals surface area contributed by atoms with Gasteiger partial charge in [-0.3, -0.25) is 0 Å². The van der Waals surface area contributed by atoms with Crippen LogP contribution in [-0.2, 0) is 0 Å². The molecule has 18 heavy (non-hydrogen) atoms. The SMILES string of the molecule is CCCNC1CC(C)(C)Oc2c(Cl)ccc(C)c21. The van der Waals surface area contributed by atoms with Gasteiger partial charge in [-0.15, -0.1) is 0 Å². The standard InChI is InChI=1S/C15H22ClNO/c1-5-8-17-12-9-15(3,4)18-14-11(16)7-6-10(2)13(12)14/h6-7,12,17H,5,8-9H2,1-4H3. The molecule has 0 amide bonds. The summed E-state index contributed by atoms with van der Waals surface area (Å²) in [5.41, 5.74) is 2.31. The van der Waals surface area contributed by atoms with Gasteiger partial charge in [-0.05, 0) is 45.4 Å². The average molecular weight is 268 g/mol. The molecule has 0 radical (unpaired) electrons. The summed E-state index contributed by atoms with van der Waals surface area (Å²) in [4.78, 5) is 0. The van der Waals surface area contributed by atoms with Crippen molar-refractivity contribution in [1.82, 2.24) is 5.32 Å². The zero-order valence-corrected chi connectivity index (χ0v) is 12.4. The summed E-state index contributed by atoms with van der Waals surface area (Å²) in [5.74, 6) is 0.863. The third-order valence-corrected chi connectivity index (χ3v) is 3.73. The van der Waals surface area contributed by atoms with Crippen molar-refractivity contribution in [3.05, 3.63) is 28.3 Å². The van der Waals surface area contributed by atoms with E-state index < -0.39 is 0 Å². The van der Waals surface area contributed by atoms with Gasteiger partial charge in [-0.2, -0.15) is 0 Å². The Balaban J connectivity index is 2.43. The lowest BCUT2D eigenvalue weighted by Gasteiger charge is -2.39. The molecule has 1 atom stereocenters. The van der Waals surface area contributed by atoms with Crippen LogP contribution in [0.1, 0.15) is 50.8 Å². The zero-order chi connectivity index (χ0) is 13.3. The number of rotatable bonds is 3. The highest BCUT2D eigenvalue weighted by atomic mass is 35.5. The Morgan fingerprint density at radius 1 is 1.44 bits per heavy atom. The molecule has 1 aliphatic rings. The molecule has 2 nitrogen and oxygen atoms in total. The number of fused-ring (bicyclic) bond motifs is 1. The highest BCUT2D eigenvalue weighted by Gasteiger charge is 2.35. The van der Waals surface area contributed by atoms with Crippen LogP contribution in [0, 0.1) is 6.92 Å². The molecular formula is C15H22ClNO. The van der Waals surface area contributed by atoms with E-state index in [9.17, 15) is 0 Å². The quantitative estimate of drug-likeness (QED) is 0.884. The number of halogens is 1. The molecule has 1 aromatic carbocycles. The number of hydrogen-bond acceptors (Lipinski definition) is 2. The second-order valence-corrected chi connectivity index (χ2v) is 6.09. The van der Waals surface area contributed by atoms with Gasteiger partial charge in [-0.1, -0.05) is 24.6 Å². The summed E-state index contributed by atoms with van der Waals surface area (Å²) in [6, 6.07) is 4.33. The van der Waals surface area contributed by atoms with Gasteiger partial charge in [-0.25, -0.2) is 0 Å². The van der Waals surface area contributed by atoms with Crippen LogP contribution in [0.4, 0.5) is 0 Å². The minimum absolute atomic E-state index is 0.171. The lowest BCUT2D eigenvalue weighted by atomic mass is 9.87. The van der Waals surface area contributed by atoms with Crippen molar-refractivity contribution in [2.75, 3.05) is 6.54 Å². The number of nitrogens with one attached hydrogen (secondary N) is 1. The topological polar surface area (TPSA) is 21.3 Å². The Morgan fingerprint density at radius 3 is 2.83 bits per heavy atom. The molecule has 1 aromatic rings. The first-order valence-electron chi connectivity index (χ1n) is 6.66. The van der Waals surface area contributed by atoms with Crippen LogP contribution in [0.2, 0.25) is 5.02 Å². The summed E-state index contributed by atoms with van der Waals surface area (Å²) in [5, 5.41) is 4.33. The van der Waals surface area contributed by atoms with Gasteiger partial charge in [0.1, 0.15) is 11.4 Å². The normalized spacial score (nSPS) is 21.3.